The summed E-state index contributed by atoms with van der Waals surface area (Å²) in [5.74, 6) is -0.598. The Balaban J connectivity index is 1.76. The maximum atomic E-state index is 12.0. The molecule has 1 aliphatic heterocycles. The topological polar surface area (TPSA) is 79.6 Å². The summed E-state index contributed by atoms with van der Waals surface area (Å²) in [6.07, 6.45) is 0. The van der Waals surface area contributed by atoms with Gasteiger partial charge in [-0.3, -0.25) is 9.59 Å². The van der Waals surface area contributed by atoms with Gasteiger partial charge in [0.2, 0.25) is 11.8 Å². The van der Waals surface area contributed by atoms with E-state index in [1.165, 1.54) is 6.92 Å². The molecule has 1 saturated heterocycles. The Hall–Kier alpha value is -2.63. The molecule has 2 aromatic rings. The predicted octanol–water partition coefficient (Wildman–Crippen LogP) is 1.21. The van der Waals surface area contributed by atoms with E-state index >= 15 is 0 Å². The van der Waals surface area contributed by atoms with Gasteiger partial charge in [-0.15, -0.1) is 0 Å². The van der Waals surface area contributed by atoms with Crippen LogP contribution in [0.4, 0.5) is 5.69 Å². The average molecular weight is 286 g/mol. The molecule has 108 valence electrons. The fraction of sp³-hybridized carbons (Fsp3) is 0.267. The minimum Gasteiger partial charge on any atom is -0.421 e. The molecule has 1 fully saturated rings. The number of anilines is 1. The van der Waals surface area contributed by atoms with Crippen molar-refractivity contribution in [3.63, 3.8) is 0 Å². The van der Waals surface area contributed by atoms with Gasteiger partial charge in [0.15, 0.2) is 0 Å². The molecular weight excluding hydrogens is 272 g/mol. The molecule has 21 heavy (non-hydrogen) atoms. The minimum absolute atomic E-state index is 0.0516. The molecular formula is C15H14N2O4. The van der Waals surface area contributed by atoms with Crippen LogP contribution < -0.4 is 10.9 Å². The zero-order valence-electron chi connectivity index (χ0n) is 11.5. The van der Waals surface area contributed by atoms with Gasteiger partial charge in [-0.2, -0.15) is 0 Å². The Morgan fingerprint density at radius 1 is 1.29 bits per heavy atom. The van der Waals surface area contributed by atoms with Crippen molar-refractivity contribution in [2.75, 3.05) is 18.4 Å². The average Bonchev–Trinajstić information content (AvgIpc) is 2.37. The second kappa shape index (κ2) is 5.05. The van der Waals surface area contributed by atoms with Gasteiger partial charge in [0.05, 0.1) is 5.92 Å². The Morgan fingerprint density at radius 2 is 2.00 bits per heavy atom. The Bertz CT molecular complexity index is 775. The Labute approximate surface area is 120 Å². The summed E-state index contributed by atoms with van der Waals surface area (Å²) < 4.78 is 5.15. The number of likely N-dealkylation sites (tertiary alicyclic amines) is 1. The first-order valence-electron chi connectivity index (χ1n) is 6.64. The van der Waals surface area contributed by atoms with Crippen molar-refractivity contribution in [1.82, 2.24) is 4.90 Å². The van der Waals surface area contributed by atoms with Crippen LogP contribution >= 0.6 is 0 Å². The van der Waals surface area contributed by atoms with Crippen LogP contribution in [0.15, 0.2) is 39.5 Å². The minimum atomic E-state index is -0.579. The van der Waals surface area contributed by atoms with Crippen molar-refractivity contribution in [1.29, 1.82) is 0 Å². The second-order valence-electron chi connectivity index (χ2n) is 5.10. The molecule has 6 heteroatoms. The summed E-state index contributed by atoms with van der Waals surface area (Å²) in [4.78, 5) is 36.5. The van der Waals surface area contributed by atoms with Gasteiger partial charge in [0.1, 0.15) is 11.3 Å². The largest absolute Gasteiger partial charge is 0.421 e. The summed E-state index contributed by atoms with van der Waals surface area (Å²) in [6, 6.07) is 8.69. The molecule has 6 nitrogen and oxygen atoms in total. The van der Waals surface area contributed by atoms with Gasteiger partial charge in [0, 0.05) is 25.4 Å². The molecule has 0 aliphatic carbocycles. The molecule has 1 N–H and O–H groups in total. The van der Waals surface area contributed by atoms with Crippen molar-refractivity contribution in [2.45, 2.75) is 6.92 Å². The molecule has 0 spiro atoms. The first-order valence-corrected chi connectivity index (χ1v) is 6.64. The van der Waals surface area contributed by atoms with Crippen LogP contribution in [-0.4, -0.2) is 29.8 Å². The lowest BCUT2D eigenvalue weighted by atomic mass is 9.99. The third-order valence-electron chi connectivity index (χ3n) is 3.60. The van der Waals surface area contributed by atoms with E-state index in [0.717, 1.165) is 5.39 Å². The first kappa shape index (κ1) is 13.4. The van der Waals surface area contributed by atoms with Gasteiger partial charge >= 0.3 is 5.63 Å². The Morgan fingerprint density at radius 3 is 2.71 bits per heavy atom. The summed E-state index contributed by atoms with van der Waals surface area (Å²) in [5.41, 5.74) is 0.0247. The first-order chi connectivity index (χ1) is 10.0. The van der Waals surface area contributed by atoms with Crippen LogP contribution in [0.5, 0.6) is 0 Å². The van der Waals surface area contributed by atoms with Crippen molar-refractivity contribution < 1.29 is 14.0 Å². The number of rotatable bonds is 2. The van der Waals surface area contributed by atoms with Gasteiger partial charge in [-0.1, -0.05) is 18.2 Å². The number of carbonyl (C=O) groups excluding carboxylic acids is 2. The third-order valence-corrected chi connectivity index (χ3v) is 3.60. The quantitative estimate of drug-likeness (QED) is 0.842. The van der Waals surface area contributed by atoms with E-state index in [-0.39, 0.29) is 23.4 Å². The highest BCUT2D eigenvalue weighted by Gasteiger charge is 2.34. The summed E-state index contributed by atoms with van der Waals surface area (Å²) in [5, 5.41) is 3.32. The van der Waals surface area contributed by atoms with Crippen molar-refractivity contribution in [2.24, 2.45) is 5.92 Å². The number of carbonyl (C=O) groups is 2. The highest BCUT2D eigenvalue weighted by molar-refractivity contribution is 5.95. The van der Waals surface area contributed by atoms with Crippen molar-refractivity contribution in [3.05, 3.63) is 40.8 Å². The molecule has 0 atom stereocenters. The number of hydrogen-bond donors (Lipinski definition) is 1. The number of nitrogens with one attached hydrogen (secondary N) is 1. The molecule has 1 aromatic heterocycles. The molecule has 3 rings (SSSR count). The molecule has 2 amide bonds. The van der Waals surface area contributed by atoms with Crippen LogP contribution in [-0.2, 0) is 9.59 Å². The summed E-state index contributed by atoms with van der Waals surface area (Å²) in [6.45, 7) is 2.24. The van der Waals surface area contributed by atoms with Gasteiger partial charge < -0.3 is 14.6 Å². The summed E-state index contributed by atoms with van der Waals surface area (Å²) >= 11 is 0. The van der Waals surface area contributed by atoms with E-state index in [0.29, 0.717) is 18.7 Å². The number of benzene rings is 1. The number of amides is 2. The number of fused-ring (bicyclic) bond motifs is 1. The molecule has 0 radical (unpaired) electrons. The molecule has 0 saturated carbocycles. The highest BCUT2D eigenvalue weighted by atomic mass is 16.4. The number of nitrogens with zero attached hydrogens (tertiary/aromatic N) is 1. The van der Waals surface area contributed by atoms with E-state index in [1.807, 2.05) is 6.07 Å². The van der Waals surface area contributed by atoms with Gasteiger partial charge in [0.25, 0.3) is 0 Å². The maximum Gasteiger partial charge on any atom is 0.360 e. The second-order valence-corrected chi connectivity index (χ2v) is 5.10. The number of para-hydroxylation sites is 1. The van der Waals surface area contributed by atoms with E-state index < -0.39 is 5.63 Å². The van der Waals surface area contributed by atoms with Crippen LogP contribution in [0.1, 0.15) is 6.92 Å². The molecule has 0 bridgehead atoms. The van der Waals surface area contributed by atoms with Crippen LogP contribution in [0, 0.1) is 5.92 Å². The fourth-order valence-electron chi connectivity index (χ4n) is 2.29. The van der Waals surface area contributed by atoms with E-state index in [2.05, 4.69) is 5.32 Å². The zero-order valence-corrected chi connectivity index (χ0v) is 11.5. The molecule has 1 aliphatic rings. The Kier molecular flexibility index (Phi) is 3.21. The zero-order chi connectivity index (χ0) is 15.0. The van der Waals surface area contributed by atoms with E-state index in [9.17, 15) is 14.4 Å². The summed E-state index contributed by atoms with van der Waals surface area (Å²) in [7, 11) is 0. The van der Waals surface area contributed by atoms with E-state index in [4.69, 9.17) is 4.42 Å². The molecule has 0 unspecified atom stereocenters. The van der Waals surface area contributed by atoms with Gasteiger partial charge in [-0.25, -0.2) is 4.79 Å². The smallest absolute Gasteiger partial charge is 0.360 e. The van der Waals surface area contributed by atoms with Crippen molar-refractivity contribution >= 4 is 28.5 Å². The van der Waals surface area contributed by atoms with Crippen LogP contribution in [0.2, 0.25) is 0 Å². The van der Waals surface area contributed by atoms with Crippen LogP contribution in [0.3, 0.4) is 0 Å². The lowest BCUT2D eigenvalue weighted by Crippen LogP contribution is -2.53. The SMILES string of the molecule is CC(=O)N1CC(C(=O)Nc2cc3ccccc3oc2=O)C1. The normalized spacial score (nSPS) is 14.8. The molecule has 1 aromatic carbocycles. The third kappa shape index (κ3) is 2.52. The predicted molar refractivity (Wildman–Crippen MR) is 76.9 cm³/mol. The number of hydrogen-bond acceptors (Lipinski definition) is 4. The van der Waals surface area contributed by atoms with E-state index in [1.54, 1.807) is 29.2 Å². The highest BCUT2D eigenvalue weighted by Crippen LogP contribution is 2.19. The van der Waals surface area contributed by atoms with Gasteiger partial charge in [-0.05, 0) is 12.1 Å². The fourth-order valence-corrected chi connectivity index (χ4v) is 2.29. The van der Waals surface area contributed by atoms with Crippen LogP contribution in [0.25, 0.3) is 11.0 Å². The molecule has 2 heterocycles. The van der Waals surface area contributed by atoms with Crippen molar-refractivity contribution in [3.8, 4) is 0 Å². The maximum absolute atomic E-state index is 12.0. The lowest BCUT2D eigenvalue weighted by Gasteiger charge is -2.37. The monoisotopic (exact) mass is 286 g/mol. The lowest BCUT2D eigenvalue weighted by molar-refractivity contribution is -0.139. The standard InChI is InChI=1S/C15H14N2O4/c1-9(18)17-7-11(8-17)14(19)16-12-6-10-4-2-3-5-13(10)21-15(12)20/h2-6,11H,7-8H2,1H3,(H,16,19).